The zero-order chi connectivity index (χ0) is 12.3. The van der Waals surface area contributed by atoms with E-state index >= 15 is 0 Å². The van der Waals surface area contributed by atoms with Crippen molar-refractivity contribution < 1.29 is 9.90 Å². The van der Waals surface area contributed by atoms with Gasteiger partial charge in [-0.3, -0.25) is 0 Å². The lowest BCUT2D eigenvalue weighted by atomic mass is 10.1. The van der Waals surface area contributed by atoms with Crippen LogP contribution in [0.3, 0.4) is 0 Å². The predicted molar refractivity (Wildman–Crippen MR) is 62.4 cm³/mol. The lowest BCUT2D eigenvalue weighted by Gasteiger charge is -1.94. The van der Waals surface area contributed by atoms with Crippen LogP contribution in [0, 0.1) is 23.2 Å². The van der Waals surface area contributed by atoms with Crippen molar-refractivity contribution in [1.82, 2.24) is 4.98 Å². The molecule has 4 nitrogen and oxygen atoms in total. The fourth-order valence-electron chi connectivity index (χ4n) is 1.56. The molecule has 2 N–H and O–H groups in total. The summed E-state index contributed by atoms with van der Waals surface area (Å²) in [4.78, 5) is 13.8. The van der Waals surface area contributed by atoms with Gasteiger partial charge in [-0.25, -0.2) is 4.79 Å². The summed E-state index contributed by atoms with van der Waals surface area (Å²) in [6.07, 6.45) is 1.62. The molecule has 1 aromatic heterocycles. The number of aromatic amines is 1. The third-order valence-corrected chi connectivity index (χ3v) is 2.31. The summed E-state index contributed by atoms with van der Waals surface area (Å²) < 4.78 is 0. The number of aromatic nitrogens is 1. The van der Waals surface area contributed by atoms with E-state index < -0.39 is 5.97 Å². The van der Waals surface area contributed by atoms with Gasteiger partial charge in [0.15, 0.2) is 0 Å². The van der Waals surface area contributed by atoms with Crippen LogP contribution in [0.15, 0.2) is 24.4 Å². The average molecular weight is 224 g/mol. The maximum absolute atomic E-state index is 10.9. The molecule has 0 unspecified atom stereocenters. The summed E-state index contributed by atoms with van der Waals surface area (Å²) in [5, 5.41) is 18.0. The molecular weight excluding hydrogens is 216 g/mol. The number of aromatic carboxylic acids is 1. The molecular formula is C13H8N2O2. The molecule has 17 heavy (non-hydrogen) atoms. The van der Waals surface area contributed by atoms with Gasteiger partial charge in [0, 0.05) is 22.7 Å². The van der Waals surface area contributed by atoms with Crippen molar-refractivity contribution in [2.75, 3.05) is 0 Å². The monoisotopic (exact) mass is 224 g/mol. The Morgan fingerprint density at radius 3 is 3.00 bits per heavy atom. The summed E-state index contributed by atoms with van der Waals surface area (Å²) in [6, 6.07) is 7.20. The van der Waals surface area contributed by atoms with Crippen molar-refractivity contribution in [1.29, 1.82) is 5.26 Å². The standard InChI is InChI=1S/C13H8N2O2/c14-6-2-1-3-9-4-5-12-10(7-9)11(8-15-12)13(16)17/h4-5,7-8,15H,2H2,(H,16,17). The van der Waals surface area contributed by atoms with E-state index in [4.69, 9.17) is 10.4 Å². The van der Waals surface area contributed by atoms with E-state index in [2.05, 4.69) is 16.8 Å². The fraction of sp³-hybridized carbons (Fsp3) is 0.0769. The van der Waals surface area contributed by atoms with E-state index in [1.165, 1.54) is 6.20 Å². The number of rotatable bonds is 1. The molecule has 0 bridgehead atoms. The van der Waals surface area contributed by atoms with Crippen LogP contribution < -0.4 is 0 Å². The third kappa shape index (κ3) is 2.11. The first-order valence-electron chi connectivity index (χ1n) is 4.92. The Bertz CT molecular complexity index is 681. The topological polar surface area (TPSA) is 76.9 Å². The highest BCUT2D eigenvalue weighted by molar-refractivity contribution is 6.03. The molecule has 0 amide bonds. The van der Waals surface area contributed by atoms with Crippen molar-refractivity contribution in [3.8, 4) is 17.9 Å². The van der Waals surface area contributed by atoms with Gasteiger partial charge in [-0.1, -0.05) is 11.8 Å². The highest BCUT2D eigenvalue weighted by Gasteiger charge is 2.09. The first kappa shape index (κ1) is 10.8. The van der Waals surface area contributed by atoms with E-state index in [-0.39, 0.29) is 12.0 Å². The van der Waals surface area contributed by atoms with E-state index in [0.717, 1.165) is 5.52 Å². The molecule has 4 heteroatoms. The fourth-order valence-corrected chi connectivity index (χ4v) is 1.56. The maximum atomic E-state index is 10.9. The number of benzene rings is 1. The Hall–Kier alpha value is -2.72. The zero-order valence-electron chi connectivity index (χ0n) is 8.82. The number of nitrogens with one attached hydrogen (secondary N) is 1. The summed E-state index contributed by atoms with van der Waals surface area (Å²) in [7, 11) is 0. The first-order chi connectivity index (χ1) is 8.22. The number of hydrogen-bond acceptors (Lipinski definition) is 2. The van der Waals surface area contributed by atoms with Gasteiger partial charge in [0.1, 0.15) is 0 Å². The maximum Gasteiger partial charge on any atom is 0.337 e. The van der Waals surface area contributed by atoms with Crippen LogP contribution in [-0.2, 0) is 0 Å². The highest BCUT2D eigenvalue weighted by atomic mass is 16.4. The number of nitrogens with zero attached hydrogens (tertiary/aromatic N) is 1. The summed E-state index contributed by atoms with van der Waals surface area (Å²) in [5.41, 5.74) is 1.69. The number of H-pyrrole nitrogens is 1. The van der Waals surface area contributed by atoms with Crippen molar-refractivity contribution in [3.63, 3.8) is 0 Å². The Kier molecular flexibility index (Phi) is 2.81. The van der Waals surface area contributed by atoms with Crippen LogP contribution in [0.4, 0.5) is 0 Å². The van der Waals surface area contributed by atoms with Crippen molar-refractivity contribution in [2.45, 2.75) is 6.42 Å². The Morgan fingerprint density at radius 1 is 1.47 bits per heavy atom. The average Bonchev–Trinajstić information content (AvgIpc) is 2.72. The largest absolute Gasteiger partial charge is 0.478 e. The highest BCUT2D eigenvalue weighted by Crippen LogP contribution is 2.19. The van der Waals surface area contributed by atoms with Crippen LogP contribution in [-0.4, -0.2) is 16.1 Å². The van der Waals surface area contributed by atoms with Crippen molar-refractivity contribution >= 4 is 16.9 Å². The zero-order valence-corrected chi connectivity index (χ0v) is 8.82. The second-order valence-corrected chi connectivity index (χ2v) is 3.40. The number of carbonyl (C=O) groups is 1. The minimum Gasteiger partial charge on any atom is -0.478 e. The normalized spacial score (nSPS) is 9.35. The summed E-state index contributed by atoms with van der Waals surface area (Å²) >= 11 is 0. The molecule has 82 valence electrons. The molecule has 2 rings (SSSR count). The molecule has 2 aromatic rings. The Balaban J connectivity index is 2.50. The number of carboxylic acid groups (broad SMARTS) is 1. The van der Waals surface area contributed by atoms with Gasteiger partial charge in [-0.15, -0.1) is 0 Å². The number of fused-ring (bicyclic) bond motifs is 1. The van der Waals surface area contributed by atoms with Crippen LogP contribution in [0.1, 0.15) is 22.3 Å². The molecule has 0 saturated carbocycles. The molecule has 1 aromatic carbocycles. The van der Waals surface area contributed by atoms with Crippen LogP contribution in [0.5, 0.6) is 0 Å². The van der Waals surface area contributed by atoms with Gasteiger partial charge in [0.25, 0.3) is 0 Å². The van der Waals surface area contributed by atoms with Gasteiger partial charge in [0.05, 0.1) is 18.1 Å². The first-order valence-corrected chi connectivity index (χ1v) is 4.92. The Morgan fingerprint density at radius 2 is 2.29 bits per heavy atom. The molecule has 1 heterocycles. The van der Waals surface area contributed by atoms with Crippen molar-refractivity contribution in [2.24, 2.45) is 0 Å². The molecule has 0 fully saturated rings. The van der Waals surface area contributed by atoms with Gasteiger partial charge in [-0.2, -0.15) is 5.26 Å². The number of nitriles is 1. The van der Waals surface area contributed by atoms with Gasteiger partial charge in [-0.05, 0) is 18.2 Å². The van der Waals surface area contributed by atoms with Crippen LogP contribution >= 0.6 is 0 Å². The smallest absolute Gasteiger partial charge is 0.337 e. The second kappa shape index (κ2) is 4.42. The predicted octanol–water partition coefficient (Wildman–Crippen LogP) is 2.13. The second-order valence-electron chi connectivity index (χ2n) is 3.40. The molecule has 0 saturated heterocycles. The number of carboxylic acids is 1. The lowest BCUT2D eigenvalue weighted by Crippen LogP contribution is -1.93. The van der Waals surface area contributed by atoms with Gasteiger partial charge >= 0.3 is 5.97 Å². The third-order valence-electron chi connectivity index (χ3n) is 2.31. The molecule has 0 atom stereocenters. The molecule has 0 radical (unpaired) electrons. The van der Waals surface area contributed by atoms with E-state index in [1.54, 1.807) is 18.2 Å². The van der Waals surface area contributed by atoms with Gasteiger partial charge < -0.3 is 10.1 Å². The van der Waals surface area contributed by atoms with Gasteiger partial charge in [0.2, 0.25) is 0 Å². The summed E-state index contributed by atoms with van der Waals surface area (Å²) in [6.45, 7) is 0. The van der Waals surface area contributed by atoms with E-state index in [9.17, 15) is 4.79 Å². The number of hydrogen-bond donors (Lipinski definition) is 2. The van der Waals surface area contributed by atoms with E-state index in [0.29, 0.717) is 10.9 Å². The van der Waals surface area contributed by atoms with Crippen LogP contribution in [0.2, 0.25) is 0 Å². The molecule has 0 aliphatic carbocycles. The Labute approximate surface area is 97.5 Å². The summed E-state index contributed by atoms with van der Waals surface area (Å²) in [5.74, 6) is 4.53. The molecule has 0 spiro atoms. The quantitative estimate of drug-likeness (QED) is 0.728. The lowest BCUT2D eigenvalue weighted by molar-refractivity contribution is 0.0699. The molecule has 0 aliphatic heterocycles. The SMILES string of the molecule is N#CCC#Cc1ccc2[nH]cc(C(=O)O)c2c1. The minimum absolute atomic E-state index is 0.164. The van der Waals surface area contributed by atoms with Crippen LogP contribution in [0.25, 0.3) is 10.9 Å². The molecule has 0 aliphatic rings. The van der Waals surface area contributed by atoms with Crippen molar-refractivity contribution in [3.05, 3.63) is 35.5 Å². The van der Waals surface area contributed by atoms with E-state index in [1.807, 2.05) is 6.07 Å². The minimum atomic E-state index is -0.974.